The van der Waals surface area contributed by atoms with Crippen molar-refractivity contribution in [2.24, 2.45) is 22.9 Å². The van der Waals surface area contributed by atoms with Crippen LogP contribution in [0, 0.1) is 17.8 Å². The number of nitrogens with zero attached hydrogens (tertiary/aromatic N) is 1. The molecule has 3 aliphatic rings. The minimum Gasteiger partial charge on any atom is -0.412 e. The van der Waals surface area contributed by atoms with Gasteiger partial charge in [0.2, 0.25) is 11.8 Å². The zero-order valence-corrected chi connectivity index (χ0v) is 11.4. The molecule has 1 aromatic carbocycles. The number of fused-ring (bicyclic) bond motifs is 1. The van der Waals surface area contributed by atoms with E-state index >= 15 is 0 Å². The first kappa shape index (κ1) is 13.8. The predicted octanol–water partition coefficient (Wildman–Crippen LogP) is 0.680. The molecule has 2 aliphatic carbocycles. The predicted molar refractivity (Wildman–Crippen MR) is 77.7 cm³/mol. The second-order valence-electron chi connectivity index (χ2n) is 5.76. The van der Waals surface area contributed by atoms with Crippen molar-refractivity contribution < 1.29 is 15.1 Å². The molecule has 0 bridgehead atoms. The van der Waals surface area contributed by atoms with Gasteiger partial charge in [0.05, 0.1) is 5.71 Å². The van der Waals surface area contributed by atoms with Crippen LogP contribution in [0.25, 0.3) is 0 Å². The summed E-state index contributed by atoms with van der Waals surface area (Å²) in [6.45, 7) is 0. The van der Waals surface area contributed by atoms with Crippen LogP contribution in [0.1, 0.15) is 24.8 Å². The molecule has 2 amide bonds. The van der Waals surface area contributed by atoms with Gasteiger partial charge >= 0.3 is 0 Å². The molecular weight excluding hydrogens is 270 g/mol. The number of carbonyl (C=O) groups excluding carboxylic acids is 2. The van der Waals surface area contributed by atoms with Crippen LogP contribution in [-0.2, 0) is 9.59 Å². The van der Waals surface area contributed by atoms with E-state index in [-0.39, 0.29) is 35.0 Å². The lowest BCUT2D eigenvalue weighted by molar-refractivity contribution is -0.122. The molecule has 2 unspecified atom stereocenters. The zero-order valence-electron chi connectivity index (χ0n) is 11.4. The number of hydrogen-bond acceptors (Lipinski definition) is 3. The SMILES string of the molecule is O.O=C(Nc1ccc(C2=NNC(=O)C3CC23)cc1)C1CC1. The summed E-state index contributed by atoms with van der Waals surface area (Å²) in [5.74, 6) is 0.738. The lowest BCUT2D eigenvalue weighted by atomic mass is 10.0. The standard InChI is InChI=1S/C15H15N3O2.H2O/c19-14(9-1-2-9)16-10-5-3-8(4-6-10)13-11-7-12(11)15(20)18-17-13;/h3-6,9,11-12H,1-2,7H2,(H,16,19)(H,18,20);1H2. The van der Waals surface area contributed by atoms with Crippen LogP contribution in [0.4, 0.5) is 5.69 Å². The summed E-state index contributed by atoms with van der Waals surface area (Å²) < 4.78 is 0. The van der Waals surface area contributed by atoms with Gasteiger partial charge in [-0.25, -0.2) is 5.43 Å². The molecule has 2 atom stereocenters. The fraction of sp³-hybridized carbons (Fsp3) is 0.400. The first-order chi connectivity index (χ1) is 9.72. The van der Waals surface area contributed by atoms with Crippen LogP contribution in [0.15, 0.2) is 29.4 Å². The molecule has 0 saturated heterocycles. The third-order valence-electron chi connectivity index (χ3n) is 4.16. The molecule has 0 radical (unpaired) electrons. The van der Waals surface area contributed by atoms with Crippen LogP contribution < -0.4 is 10.7 Å². The molecule has 21 heavy (non-hydrogen) atoms. The van der Waals surface area contributed by atoms with Gasteiger partial charge in [0, 0.05) is 23.4 Å². The van der Waals surface area contributed by atoms with Crippen LogP contribution in [-0.4, -0.2) is 23.0 Å². The van der Waals surface area contributed by atoms with Crippen LogP contribution >= 0.6 is 0 Å². The molecular formula is C15H17N3O3. The first-order valence-electron chi connectivity index (χ1n) is 7.01. The Balaban J connectivity index is 0.00000132. The Bertz CT molecular complexity index is 620. The maximum absolute atomic E-state index is 11.7. The van der Waals surface area contributed by atoms with E-state index in [9.17, 15) is 9.59 Å². The summed E-state index contributed by atoms with van der Waals surface area (Å²) >= 11 is 0. The molecule has 4 N–H and O–H groups in total. The topological polar surface area (TPSA) is 102 Å². The quantitative estimate of drug-likeness (QED) is 0.853. The van der Waals surface area contributed by atoms with Gasteiger partial charge in [0.25, 0.3) is 0 Å². The van der Waals surface area contributed by atoms with Crippen molar-refractivity contribution in [3.8, 4) is 0 Å². The smallest absolute Gasteiger partial charge is 0.243 e. The lowest BCUT2D eigenvalue weighted by Crippen LogP contribution is -2.28. The van der Waals surface area contributed by atoms with Gasteiger partial charge in [-0.1, -0.05) is 12.1 Å². The van der Waals surface area contributed by atoms with Gasteiger partial charge in [-0.3, -0.25) is 9.59 Å². The average Bonchev–Trinajstić information content (AvgIpc) is 3.32. The molecule has 2 fully saturated rings. The minimum atomic E-state index is 0. The summed E-state index contributed by atoms with van der Waals surface area (Å²) in [5, 5.41) is 7.08. The second kappa shape index (κ2) is 4.96. The van der Waals surface area contributed by atoms with Crippen LogP contribution in [0.5, 0.6) is 0 Å². The highest BCUT2D eigenvalue weighted by Gasteiger charge is 2.49. The van der Waals surface area contributed by atoms with Crippen molar-refractivity contribution >= 4 is 23.2 Å². The summed E-state index contributed by atoms with van der Waals surface area (Å²) in [4.78, 5) is 23.1. The normalized spacial score (nSPS) is 25.9. The monoisotopic (exact) mass is 287 g/mol. The van der Waals surface area contributed by atoms with Crippen molar-refractivity contribution in [3.63, 3.8) is 0 Å². The van der Waals surface area contributed by atoms with E-state index in [1.165, 1.54) is 0 Å². The Morgan fingerprint density at radius 2 is 1.90 bits per heavy atom. The van der Waals surface area contributed by atoms with Crippen molar-refractivity contribution in [2.75, 3.05) is 5.32 Å². The molecule has 1 aliphatic heterocycles. The highest BCUT2D eigenvalue weighted by molar-refractivity contribution is 6.09. The molecule has 1 heterocycles. The first-order valence-corrected chi connectivity index (χ1v) is 7.01. The molecule has 2 saturated carbocycles. The van der Waals surface area contributed by atoms with E-state index in [1.807, 2.05) is 24.3 Å². The van der Waals surface area contributed by atoms with Gasteiger partial charge in [-0.15, -0.1) is 0 Å². The van der Waals surface area contributed by atoms with E-state index in [2.05, 4.69) is 15.8 Å². The Morgan fingerprint density at radius 1 is 1.19 bits per heavy atom. The van der Waals surface area contributed by atoms with Gasteiger partial charge in [-0.05, 0) is 37.0 Å². The second-order valence-corrected chi connectivity index (χ2v) is 5.76. The van der Waals surface area contributed by atoms with Gasteiger partial charge < -0.3 is 10.8 Å². The van der Waals surface area contributed by atoms with E-state index < -0.39 is 0 Å². The fourth-order valence-corrected chi connectivity index (χ4v) is 2.66. The average molecular weight is 287 g/mol. The number of carbonyl (C=O) groups is 2. The van der Waals surface area contributed by atoms with Crippen LogP contribution in [0.2, 0.25) is 0 Å². The molecule has 110 valence electrons. The van der Waals surface area contributed by atoms with E-state index in [1.54, 1.807) is 0 Å². The summed E-state index contributed by atoms with van der Waals surface area (Å²) in [6.07, 6.45) is 2.90. The third kappa shape index (κ3) is 2.54. The molecule has 6 heteroatoms. The summed E-state index contributed by atoms with van der Waals surface area (Å²) in [7, 11) is 0. The Morgan fingerprint density at radius 3 is 2.57 bits per heavy atom. The van der Waals surface area contributed by atoms with Crippen molar-refractivity contribution in [3.05, 3.63) is 29.8 Å². The Kier molecular flexibility index (Phi) is 3.25. The zero-order chi connectivity index (χ0) is 13.7. The Labute approximate surface area is 121 Å². The molecule has 0 spiro atoms. The number of benzene rings is 1. The number of hydrazone groups is 1. The number of anilines is 1. The van der Waals surface area contributed by atoms with Crippen molar-refractivity contribution in [1.82, 2.24) is 5.43 Å². The van der Waals surface area contributed by atoms with Gasteiger partial charge in [0.1, 0.15) is 0 Å². The maximum Gasteiger partial charge on any atom is 0.243 e. The van der Waals surface area contributed by atoms with E-state index in [0.29, 0.717) is 0 Å². The number of amides is 2. The van der Waals surface area contributed by atoms with Crippen molar-refractivity contribution in [2.45, 2.75) is 19.3 Å². The molecule has 1 aromatic rings. The largest absolute Gasteiger partial charge is 0.412 e. The lowest BCUT2D eigenvalue weighted by Gasteiger charge is -2.12. The van der Waals surface area contributed by atoms with Gasteiger partial charge in [0.15, 0.2) is 0 Å². The minimum absolute atomic E-state index is 0. The number of hydrogen-bond donors (Lipinski definition) is 2. The number of rotatable bonds is 3. The van der Waals surface area contributed by atoms with E-state index in [0.717, 1.165) is 36.2 Å². The molecule has 6 nitrogen and oxygen atoms in total. The van der Waals surface area contributed by atoms with Crippen LogP contribution in [0.3, 0.4) is 0 Å². The number of nitrogens with one attached hydrogen (secondary N) is 2. The highest BCUT2D eigenvalue weighted by atomic mass is 16.2. The fourth-order valence-electron chi connectivity index (χ4n) is 2.66. The molecule has 4 rings (SSSR count). The van der Waals surface area contributed by atoms with Crippen molar-refractivity contribution in [1.29, 1.82) is 0 Å². The Hall–Kier alpha value is -2.21. The maximum atomic E-state index is 11.7. The van der Waals surface area contributed by atoms with Gasteiger partial charge in [-0.2, -0.15) is 5.10 Å². The summed E-state index contributed by atoms with van der Waals surface area (Å²) in [6, 6.07) is 7.69. The molecule has 0 aromatic heterocycles. The summed E-state index contributed by atoms with van der Waals surface area (Å²) in [5.41, 5.74) is 5.36. The third-order valence-corrected chi connectivity index (χ3v) is 4.16. The van der Waals surface area contributed by atoms with E-state index in [4.69, 9.17) is 0 Å². The highest BCUT2D eigenvalue weighted by Crippen LogP contribution is 2.43.